The van der Waals surface area contributed by atoms with Crippen LogP contribution >= 0.6 is 0 Å². The van der Waals surface area contributed by atoms with Crippen LogP contribution in [-0.2, 0) is 22.6 Å². The van der Waals surface area contributed by atoms with Crippen LogP contribution in [0.15, 0.2) is 48.7 Å². The molecule has 1 saturated heterocycles. The second-order valence-electron chi connectivity index (χ2n) is 7.24. The lowest BCUT2D eigenvalue weighted by atomic mass is 10.0. The van der Waals surface area contributed by atoms with Gasteiger partial charge in [-0.15, -0.1) is 0 Å². The molecule has 0 unspecified atom stereocenters. The summed E-state index contributed by atoms with van der Waals surface area (Å²) >= 11 is 0. The first-order valence-corrected chi connectivity index (χ1v) is 9.69. The zero-order valence-electron chi connectivity index (χ0n) is 15.8. The number of amides is 2. The van der Waals surface area contributed by atoms with Crippen LogP contribution in [0.3, 0.4) is 0 Å². The molecule has 2 aliphatic heterocycles. The third-order valence-electron chi connectivity index (χ3n) is 5.22. The van der Waals surface area contributed by atoms with Crippen LogP contribution < -0.4 is 5.32 Å². The van der Waals surface area contributed by atoms with E-state index in [1.165, 1.54) is 5.56 Å². The van der Waals surface area contributed by atoms with Crippen LogP contribution in [0.25, 0.3) is 6.08 Å². The maximum atomic E-state index is 12.5. The summed E-state index contributed by atoms with van der Waals surface area (Å²) in [6, 6.07) is 12.4. The third-order valence-corrected chi connectivity index (χ3v) is 5.22. The summed E-state index contributed by atoms with van der Waals surface area (Å²) in [5.74, 6) is 0.671. The second kappa shape index (κ2) is 8.35. The minimum absolute atomic E-state index is 0.00452. The summed E-state index contributed by atoms with van der Waals surface area (Å²) in [6.07, 6.45) is 6.28. The second-order valence-corrected chi connectivity index (χ2v) is 7.24. The Morgan fingerprint density at radius 1 is 1.11 bits per heavy atom. The summed E-state index contributed by atoms with van der Waals surface area (Å²) < 4.78 is 0. The van der Waals surface area contributed by atoms with E-state index in [-0.39, 0.29) is 11.8 Å². The summed E-state index contributed by atoms with van der Waals surface area (Å²) in [5, 5.41) is 2.77. The quantitative estimate of drug-likeness (QED) is 0.832. The highest BCUT2D eigenvalue weighted by Crippen LogP contribution is 2.21. The van der Waals surface area contributed by atoms with Crippen molar-refractivity contribution in [1.82, 2.24) is 14.8 Å². The van der Waals surface area contributed by atoms with E-state index in [2.05, 4.69) is 39.5 Å². The van der Waals surface area contributed by atoms with Gasteiger partial charge in [-0.05, 0) is 35.3 Å². The number of aryl methyl sites for hydroxylation is 1. The summed E-state index contributed by atoms with van der Waals surface area (Å²) in [4.78, 5) is 32.5. The van der Waals surface area contributed by atoms with E-state index < -0.39 is 0 Å². The minimum Gasteiger partial charge on any atom is -0.337 e. The highest BCUT2D eigenvalue weighted by atomic mass is 16.2. The number of fused-ring (bicyclic) bond motifs is 1. The number of piperazine rings is 1. The Bertz CT molecular complexity index is 887. The van der Waals surface area contributed by atoms with Crippen molar-refractivity contribution in [2.24, 2.45) is 0 Å². The number of carbonyl (C=O) groups excluding carboxylic acids is 2. The van der Waals surface area contributed by atoms with Crippen LogP contribution in [0.5, 0.6) is 0 Å². The number of hydrogen-bond donors (Lipinski definition) is 1. The number of hydrogen-bond acceptors (Lipinski definition) is 4. The standard InChI is InChI=1S/C22H24N4O2/c27-20-8-7-19-14-18(15-23-22(19)24-20)6-9-21(28)26-12-10-25(11-13-26)16-17-4-2-1-3-5-17/h1-6,9,14-15H,7-8,10-13,16H2,(H,23,24,27). The first kappa shape index (κ1) is 18.4. The van der Waals surface area contributed by atoms with Gasteiger partial charge < -0.3 is 10.2 Å². The number of aromatic nitrogens is 1. The van der Waals surface area contributed by atoms with Gasteiger partial charge in [-0.1, -0.05) is 30.3 Å². The molecule has 2 amide bonds. The van der Waals surface area contributed by atoms with Crippen molar-refractivity contribution in [3.8, 4) is 0 Å². The fourth-order valence-corrected chi connectivity index (χ4v) is 3.61. The average Bonchev–Trinajstić information content (AvgIpc) is 2.73. The number of pyridine rings is 1. The molecule has 6 nitrogen and oxygen atoms in total. The highest BCUT2D eigenvalue weighted by molar-refractivity contribution is 5.93. The number of rotatable bonds is 4. The SMILES string of the molecule is O=C1CCc2cc(C=CC(=O)N3CCN(Cc4ccccc4)CC3)cnc2N1. The summed E-state index contributed by atoms with van der Waals surface area (Å²) in [5.41, 5.74) is 3.20. The molecular formula is C22H24N4O2. The molecular weight excluding hydrogens is 352 g/mol. The molecule has 0 spiro atoms. The van der Waals surface area contributed by atoms with Crippen molar-refractivity contribution in [2.45, 2.75) is 19.4 Å². The predicted molar refractivity (Wildman–Crippen MR) is 109 cm³/mol. The van der Waals surface area contributed by atoms with E-state index in [1.807, 2.05) is 23.1 Å². The smallest absolute Gasteiger partial charge is 0.246 e. The predicted octanol–water partition coefficient (Wildman–Crippen LogP) is 2.32. The van der Waals surface area contributed by atoms with Gasteiger partial charge in [0.05, 0.1) is 0 Å². The molecule has 0 atom stereocenters. The van der Waals surface area contributed by atoms with E-state index in [1.54, 1.807) is 12.3 Å². The Kier molecular flexibility index (Phi) is 5.48. The number of benzene rings is 1. The third kappa shape index (κ3) is 4.46. The van der Waals surface area contributed by atoms with Crippen LogP contribution in [0.1, 0.15) is 23.1 Å². The monoisotopic (exact) mass is 376 g/mol. The molecule has 1 aromatic carbocycles. The van der Waals surface area contributed by atoms with Crippen molar-refractivity contribution >= 4 is 23.7 Å². The number of anilines is 1. The Morgan fingerprint density at radius 2 is 1.89 bits per heavy atom. The molecule has 0 bridgehead atoms. The first-order valence-electron chi connectivity index (χ1n) is 9.69. The minimum atomic E-state index is 0.00452. The van der Waals surface area contributed by atoms with Gasteiger partial charge in [0, 0.05) is 51.4 Å². The van der Waals surface area contributed by atoms with Gasteiger partial charge in [0.1, 0.15) is 5.82 Å². The van der Waals surface area contributed by atoms with Crippen molar-refractivity contribution in [3.63, 3.8) is 0 Å². The number of nitrogens with zero attached hydrogens (tertiary/aromatic N) is 3. The van der Waals surface area contributed by atoms with Crippen molar-refractivity contribution in [2.75, 3.05) is 31.5 Å². The van der Waals surface area contributed by atoms with Gasteiger partial charge in [0.15, 0.2) is 0 Å². The van der Waals surface area contributed by atoms with Gasteiger partial charge in [0.2, 0.25) is 11.8 Å². The Morgan fingerprint density at radius 3 is 2.68 bits per heavy atom. The van der Waals surface area contributed by atoms with Crippen molar-refractivity contribution in [3.05, 3.63) is 65.4 Å². The molecule has 4 rings (SSSR count). The van der Waals surface area contributed by atoms with Crippen molar-refractivity contribution < 1.29 is 9.59 Å². The van der Waals surface area contributed by atoms with E-state index in [9.17, 15) is 9.59 Å². The summed E-state index contributed by atoms with van der Waals surface area (Å²) in [6.45, 7) is 4.17. The Hall–Kier alpha value is -2.99. The lowest BCUT2D eigenvalue weighted by Gasteiger charge is -2.34. The molecule has 2 aromatic rings. The number of carbonyl (C=O) groups is 2. The molecule has 3 heterocycles. The normalized spacial score (nSPS) is 17.4. The average molecular weight is 376 g/mol. The van der Waals surface area contributed by atoms with Gasteiger partial charge in [0.25, 0.3) is 0 Å². The molecule has 28 heavy (non-hydrogen) atoms. The van der Waals surface area contributed by atoms with Crippen LogP contribution in [-0.4, -0.2) is 52.8 Å². The van der Waals surface area contributed by atoms with E-state index in [0.717, 1.165) is 43.9 Å². The fraction of sp³-hybridized carbons (Fsp3) is 0.318. The molecule has 1 aromatic heterocycles. The molecule has 144 valence electrons. The molecule has 0 saturated carbocycles. The van der Waals surface area contributed by atoms with E-state index >= 15 is 0 Å². The van der Waals surface area contributed by atoms with Crippen LogP contribution in [0.2, 0.25) is 0 Å². The summed E-state index contributed by atoms with van der Waals surface area (Å²) in [7, 11) is 0. The van der Waals surface area contributed by atoms with E-state index in [4.69, 9.17) is 0 Å². The maximum absolute atomic E-state index is 12.5. The number of nitrogens with one attached hydrogen (secondary N) is 1. The lowest BCUT2D eigenvalue weighted by molar-refractivity contribution is -0.127. The van der Waals surface area contributed by atoms with Gasteiger partial charge in [-0.3, -0.25) is 14.5 Å². The topological polar surface area (TPSA) is 65.5 Å². The molecule has 1 fully saturated rings. The molecule has 0 aliphatic carbocycles. The molecule has 1 N–H and O–H groups in total. The zero-order valence-corrected chi connectivity index (χ0v) is 15.8. The van der Waals surface area contributed by atoms with E-state index in [0.29, 0.717) is 18.7 Å². The Labute approximate surface area is 164 Å². The van der Waals surface area contributed by atoms with Gasteiger partial charge >= 0.3 is 0 Å². The maximum Gasteiger partial charge on any atom is 0.246 e. The zero-order chi connectivity index (χ0) is 19.3. The molecule has 2 aliphatic rings. The first-order chi connectivity index (χ1) is 13.7. The fourth-order valence-electron chi connectivity index (χ4n) is 3.61. The van der Waals surface area contributed by atoms with Crippen LogP contribution in [0.4, 0.5) is 5.82 Å². The largest absolute Gasteiger partial charge is 0.337 e. The molecule has 0 radical (unpaired) electrons. The van der Waals surface area contributed by atoms with Crippen LogP contribution in [0, 0.1) is 0 Å². The van der Waals surface area contributed by atoms with Crippen molar-refractivity contribution in [1.29, 1.82) is 0 Å². The van der Waals surface area contributed by atoms with Gasteiger partial charge in [-0.25, -0.2) is 4.98 Å². The Balaban J connectivity index is 1.30. The highest BCUT2D eigenvalue weighted by Gasteiger charge is 2.20. The molecule has 6 heteroatoms. The van der Waals surface area contributed by atoms with Gasteiger partial charge in [-0.2, -0.15) is 0 Å². The lowest BCUT2D eigenvalue weighted by Crippen LogP contribution is -2.47.